The minimum absolute atomic E-state index is 0.141. The van der Waals surface area contributed by atoms with E-state index in [2.05, 4.69) is 41.4 Å². The first kappa shape index (κ1) is 25.7. The number of carbonyl (C=O) groups is 1. The van der Waals surface area contributed by atoms with Crippen LogP contribution in [-0.2, 0) is 24.2 Å². The third-order valence-corrected chi connectivity index (χ3v) is 6.44. The zero-order valence-corrected chi connectivity index (χ0v) is 21.1. The molecule has 8 nitrogen and oxygen atoms in total. The zero-order valence-electron chi connectivity index (χ0n) is 21.1. The number of hydrogen-bond acceptors (Lipinski definition) is 6. The normalized spacial score (nSPS) is 13.9. The van der Waals surface area contributed by atoms with Crippen LogP contribution in [-0.4, -0.2) is 51.6 Å². The van der Waals surface area contributed by atoms with Crippen LogP contribution < -0.4 is 10.6 Å². The molecule has 1 aliphatic heterocycles. The average Bonchev–Trinajstić information content (AvgIpc) is 3.34. The fourth-order valence-electron chi connectivity index (χ4n) is 4.41. The second-order valence-corrected chi connectivity index (χ2v) is 8.88. The van der Waals surface area contributed by atoms with Gasteiger partial charge in [0.05, 0.1) is 17.3 Å². The lowest BCUT2D eigenvalue weighted by Crippen LogP contribution is -2.30. The third kappa shape index (κ3) is 6.04. The number of hydrogen-bond donors (Lipinski definition) is 3. The topological polar surface area (TPSA) is 101 Å². The Labute approximate surface area is 212 Å². The van der Waals surface area contributed by atoms with Crippen LogP contribution in [0.25, 0.3) is 11.0 Å². The number of pyridine rings is 1. The molecule has 190 valence electrons. The summed E-state index contributed by atoms with van der Waals surface area (Å²) in [6, 6.07) is 7.59. The van der Waals surface area contributed by atoms with E-state index < -0.39 is 0 Å². The molecule has 0 unspecified atom stereocenters. The van der Waals surface area contributed by atoms with Crippen molar-refractivity contribution in [2.45, 2.75) is 65.1 Å². The van der Waals surface area contributed by atoms with Gasteiger partial charge in [0.1, 0.15) is 0 Å². The van der Waals surface area contributed by atoms with E-state index in [4.69, 9.17) is 14.8 Å². The molecule has 1 amide bonds. The Balaban J connectivity index is 1.56. The SMILES string of the molecule is CCc1nc2c(cnn2CC)c(NC2CCOCC2)c1CNC(=O)c1ccc(C#CCCCO)cc1. The van der Waals surface area contributed by atoms with E-state index in [1.165, 1.54) is 0 Å². The summed E-state index contributed by atoms with van der Waals surface area (Å²) in [5, 5.41) is 21.2. The van der Waals surface area contributed by atoms with E-state index in [9.17, 15) is 4.79 Å². The second kappa shape index (κ2) is 12.5. The number of unbranched alkanes of at least 4 members (excludes halogenated alkanes) is 1. The number of nitrogens with one attached hydrogen (secondary N) is 2. The second-order valence-electron chi connectivity index (χ2n) is 8.88. The van der Waals surface area contributed by atoms with Gasteiger partial charge in [0.25, 0.3) is 5.91 Å². The van der Waals surface area contributed by atoms with E-state index in [1.807, 2.05) is 23.0 Å². The first-order valence-corrected chi connectivity index (χ1v) is 12.8. The highest BCUT2D eigenvalue weighted by molar-refractivity contribution is 5.95. The highest BCUT2D eigenvalue weighted by atomic mass is 16.5. The Morgan fingerprint density at radius 2 is 2.00 bits per heavy atom. The fourth-order valence-corrected chi connectivity index (χ4v) is 4.41. The summed E-state index contributed by atoms with van der Waals surface area (Å²) in [6.45, 7) is 6.90. The lowest BCUT2D eigenvalue weighted by atomic mass is 10.0. The number of benzene rings is 1. The van der Waals surface area contributed by atoms with Crippen LogP contribution in [0.2, 0.25) is 0 Å². The van der Waals surface area contributed by atoms with Gasteiger partial charge < -0.3 is 20.5 Å². The number of nitrogens with zero attached hydrogens (tertiary/aromatic N) is 3. The Hall–Kier alpha value is -3.41. The number of aryl methyl sites for hydroxylation is 2. The maximum atomic E-state index is 13.0. The summed E-state index contributed by atoms with van der Waals surface area (Å²) in [6.07, 6.45) is 5.82. The van der Waals surface area contributed by atoms with Crippen molar-refractivity contribution in [1.82, 2.24) is 20.1 Å². The van der Waals surface area contributed by atoms with Crippen molar-refractivity contribution in [2.75, 3.05) is 25.1 Å². The molecule has 1 saturated heterocycles. The Morgan fingerprint density at radius 3 is 2.69 bits per heavy atom. The lowest BCUT2D eigenvalue weighted by molar-refractivity contribution is 0.0904. The van der Waals surface area contributed by atoms with Gasteiger partial charge in [-0.3, -0.25) is 4.79 Å². The van der Waals surface area contributed by atoms with E-state index in [0.29, 0.717) is 31.0 Å². The molecule has 3 heterocycles. The largest absolute Gasteiger partial charge is 0.396 e. The molecule has 0 atom stereocenters. The number of amides is 1. The molecule has 0 spiro atoms. The Bertz CT molecular complexity index is 1230. The van der Waals surface area contributed by atoms with E-state index in [-0.39, 0.29) is 12.5 Å². The van der Waals surface area contributed by atoms with Crippen molar-refractivity contribution in [1.29, 1.82) is 0 Å². The van der Waals surface area contributed by atoms with Crippen LogP contribution in [0, 0.1) is 11.8 Å². The van der Waals surface area contributed by atoms with Gasteiger partial charge >= 0.3 is 0 Å². The molecule has 0 saturated carbocycles. The minimum Gasteiger partial charge on any atom is -0.396 e. The van der Waals surface area contributed by atoms with Gasteiger partial charge in [-0.05, 0) is 56.9 Å². The number of ether oxygens (including phenoxy) is 1. The number of aliphatic hydroxyl groups excluding tert-OH is 1. The van der Waals surface area contributed by atoms with Crippen LogP contribution in [0.1, 0.15) is 66.7 Å². The predicted molar refractivity (Wildman–Crippen MR) is 141 cm³/mol. The molecule has 1 aliphatic rings. The van der Waals surface area contributed by atoms with Crippen LogP contribution in [0.3, 0.4) is 0 Å². The molecule has 1 aromatic carbocycles. The van der Waals surface area contributed by atoms with Gasteiger partial charge in [-0.2, -0.15) is 5.10 Å². The Morgan fingerprint density at radius 1 is 1.22 bits per heavy atom. The quantitative estimate of drug-likeness (QED) is 0.313. The highest BCUT2D eigenvalue weighted by Crippen LogP contribution is 2.31. The van der Waals surface area contributed by atoms with Crippen molar-refractivity contribution in [2.24, 2.45) is 0 Å². The molecule has 0 aliphatic carbocycles. The maximum Gasteiger partial charge on any atom is 0.251 e. The van der Waals surface area contributed by atoms with Gasteiger partial charge in [-0.1, -0.05) is 18.8 Å². The summed E-state index contributed by atoms with van der Waals surface area (Å²) in [4.78, 5) is 17.9. The summed E-state index contributed by atoms with van der Waals surface area (Å²) >= 11 is 0. The number of aliphatic hydroxyl groups is 1. The van der Waals surface area contributed by atoms with Crippen molar-refractivity contribution < 1.29 is 14.6 Å². The number of fused-ring (bicyclic) bond motifs is 1. The molecule has 1 fully saturated rings. The fraction of sp³-hybridized carbons (Fsp3) is 0.464. The third-order valence-electron chi connectivity index (χ3n) is 6.44. The minimum atomic E-state index is -0.141. The van der Waals surface area contributed by atoms with Gasteiger partial charge in [-0.15, -0.1) is 0 Å². The number of aromatic nitrogens is 3. The van der Waals surface area contributed by atoms with Gasteiger partial charge in [0.15, 0.2) is 5.65 Å². The molecule has 0 bridgehead atoms. The molecule has 3 N–H and O–H groups in total. The molecule has 8 heteroatoms. The van der Waals surface area contributed by atoms with E-state index >= 15 is 0 Å². The summed E-state index contributed by atoms with van der Waals surface area (Å²) in [5.41, 5.74) is 5.28. The smallest absolute Gasteiger partial charge is 0.251 e. The van der Waals surface area contributed by atoms with E-state index in [1.54, 1.807) is 12.1 Å². The van der Waals surface area contributed by atoms with Crippen LogP contribution in [0.5, 0.6) is 0 Å². The monoisotopic (exact) mass is 489 g/mol. The molecule has 2 aromatic heterocycles. The molecule has 0 radical (unpaired) electrons. The number of anilines is 1. The highest BCUT2D eigenvalue weighted by Gasteiger charge is 2.22. The molecule has 36 heavy (non-hydrogen) atoms. The van der Waals surface area contributed by atoms with Gasteiger partial charge in [-0.25, -0.2) is 9.67 Å². The van der Waals surface area contributed by atoms with Crippen LogP contribution in [0.15, 0.2) is 30.5 Å². The molecular formula is C28H35N5O3. The number of carbonyl (C=O) groups excluding carboxylic acids is 1. The average molecular weight is 490 g/mol. The molecular weight excluding hydrogens is 454 g/mol. The summed E-state index contributed by atoms with van der Waals surface area (Å²) in [7, 11) is 0. The maximum absolute atomic E-state index is 13.0. The predicted octanol–water partition coefficient (Wildman–Crippen LogP) is 3.66. The zero-order chi connectivity index (χ0) is 25.3. The summed E-state index contributed by atoms with van der Waals surface area (Å²) < 4.78 is 7.46. The van der Waals surface area contributed by atoms with Crippen molar-refractivity contribution in [3.8, 4) is 11.8 Å². The van der Waals surface area contributed by atoms with E-state index in [0.717, 1.165) is 72.6 Å². The summed E-state index contributed by atoms with van der Waals surface area (Å²) in [5.74, 6) is 5.95. The lowest BCUT2D eigenvalue weighted by Gasteiger charge is -2.26. The van der Waals surface area contributed by atoms with Crippen LogP contribution in [0.4, 0.5) is 5.69 Å². The Kier molecular flexibility index (Phi) is 8.93. The first-order chi connectivity index (χ1) is 17.6. The standard InChI is InChI=1S/C28H35N5O3/c1-3-25-23(18-29-28(35)21-11-9-20(10-12-21)8-6-5-7-15-34)26(31-22-13-16-36-17-14-22)24-19-30-33(4-2)27(24)32-25/h9-12,19,22,34H,3-5,7,13-18H2,1-2H3,(H,29,35)(H,31,32). The molecule has 3 aromatic rings. The molecule has 4 rings (SSSR count). The van der Waals surface area contributed by atoms with Gasteiger partial charge in [0.2, 0.25) is 0 Å². The first-order valence-electron chi connectivity index (χ1n) is 12.8. The number of rotatable bonds is 9. The van der Waals surface area contributed by atoms with Crippen LogP contribution >= 0.6 is 0 Å². The van der Waals surface area contributed by atoms with Crippen molar-refractivity contribution in [3.63, 3.8) is 0 Å². The van der Waals surface area contributed by atoms with Gasteiger partial charge in [0, 0.05) is 67.8 Å². The van der Waals surface area contributed by atoms with Crippen molar-refractivity contribution in [3.05, 3.63) is 52.8 Å². The van der Waals surface area contributed by atoms with Crippen molar-refractivity contribution >= 4 is 22.6 Å².